The maximum atomic E-state index is 13.0. The van der Waals surface area contributed by atoms with Crippen LogP contribution >= 0.6 is 0 Å². The molecule has 1 N–H and O–H groups in total. The average Bonchev–Trinajstić information content (AvgIpc) is 2.65. The predicted octanol–water partition coefficient (Wildman–Crippen LogP) is 3.23. The fourth-order valence-electron chi connectivity index (χ4n) is 2.92. The van der Waals surface area contributed by atoms with Gasteiger partial charge < -0.3 is 10.0 Å². The van der Waals surface area contributed by atoms with E-state index < -0.39 is 11.7 Å². The summed E-state index contributed by atoms with van der Waals surface area (Å²) in [7, 11) is 0. The summed E-state index contributed by atoms with van der Waals surface area (Å²) >= 11 is 0. The second-order valence-electron chi connectivity index (χ2n) is 5.17. The number of nitrogens with zero attached hydrogens (tertiary/aromatic N) is 1. The van der Waals surface area contributed by atoms with E-state index in [1.807, 2.05) is 18.7 Å². The highest BCUT2D eigenvalue weighted by Crippen LogP contribution is 2.42. The molecule has 1 aromatic carbocycles. The molecule has 2 nitrogen and oxygen atoms in total. The van der Waals surface area contributed by atoms with Crippen molar-refractivity contribution in [3.05, 3.63) is 29.3 Å². The molecule has 0 aromatic heterocycles. The number of aliphatic hydroxyl groups excluding tert-OH is 1. The molecule has 0 fully saturated rings. The first-order valence-corrected chi connectivity index (χ1v) is 6.44. The Kier molecular flexibility index (Phi) is 3.76. The number of benzene rings is 1. The molecular weight excluding hydrogens is 255 g/mol. The zero-order valence-corrected chi connectivity index (χ0v) is 11.0. The molecule has 0 saturated heterocycles. The van der Waals surface area contributed by atoms with Crippen LogP contribution in [-0.2, 0) is 12.6 Å². The van der Waals surface area contributed by atoms with Crippen molar-refractivity contribution in [1.82, 2.24) is 0 Å². The van der Waals surface area contributed by atoms with Crippen molar-refractivity contribution in [2.24, 2.45) is 0 Å². The smallest absolute Gasteiger partial charge is 0.396 e. The Labute approximate surface area is 110 Å². The van der Waals surface area contributed by atoms with E-state index in [4.69, 9.17) is 5.11 Å². The molecule has 19 heavy (non-hydrogen) atoms. The molecule has 5 heteroatoms. The van der Waals surface area contributed by atoms with Gasteiger partial charge in [-0.2, -0.15) is 13.2 Å². The van der Waals surface area contributed by atoms with Gasteiger partial charge in [-0.15, -0.1) is 0 Å². The molecule has 0 spiro atoms. The van der Waals surface area contributed by atoms with Crippen LogP contribution in [-0.4, -0.2) is 23.8 Å². The quantitative estimate of drug-likeness (QED) is 0.914. The van der Waals surface area contributed by atoms with Crippen LogP contribution < -0.4 is 4.90 Å². The Morgan fingerprint density at radius 3 is 2.58 bits per heavy atom. The number of aliphatic hydroxyl groups is 1. The van der Waals surface area contributed by atoms with Crippen molar-refractivity contribution < 1.29 is 18.3 Å². The molecule has 1 unspecified atom stereocenters. The van der Waals surface area contributed by atoms with Crippen LogP contribution in [0.1, 0.15) is 31.4 Å². The predicted molar refractivity (Wildman–Crippen MR) is 68.3 cm³/mol. The van der Waals surface area contributed by atoms with E-state index in [0.717, 1.165) is 6.07 Å². The van der Waals surface area contributed by atoms with Crippen molar-refractivity contribution in [2.75, 3.05) is 11.5 Å². The molecule has 0 radical (unpaired) electrons. The molecule has 1 aliphatic heterocycles. The molecule has 0 aliphatic carbocycles. The molecule has 0 bridgehead atoms. The summed E-state index contributed by atoms with van der Waals surface area (Å²) < 4.78 is 39.0. The van der Waals surface area contributed by atoms with Gasteiger partial charge in [0.05, 0.1) is 5.56 Å². The Morgan fingerprint density at radius 2 is 2.05 bits per heavy atom. The topological polar surface area (TPSA) is 23.5 Å². The molecule has 0 amide bonds. The lowest BCUT2D eigenvalue weighted by Gasteiger charge is -2.31. The summed E-state index contributed by atoms with van der Waals surface area (Å²) in [5, 5.41) is 9.09. The van der Waals surface area contributed by atoms with Gasteiger partial charge in [-0.3, -0.25) is 0 Å². The van der Waals surface area contributed by atoms with Crippen molar-refractivity contribution in [2.45, 2.75) is 44.9 Å². The first-order valence-electron chi connectivity index (χ1n) is 6.44. The average molecular weight is 273 g/mol. The second kappa shape index (κ2) is 5.04. The third-order valence-electron chi connectivity index (χ3n) is 3.59. The number of anilines is 1. The van der Waals surface area contributed by atoms with Crippen LogP contribution in [0.4, 0.5) is 18.9 Å². The lowest BCUT2D eigenvalue weighted by Crippen LogP contribution is -2.38. The number of alkyl halides is 3. The molecular formula is C14H18F3NO. The van der Waals surface area contributed by atoms with Crippen LogP contribution in [0.5, 0.6) is 0 Å². The highest BCUT2D eigenvalue weighted by atomic mass is 19.4. The third-order valence-corrected chi connectivity index (χ3v) is 3.59. The largest absolute Gasteiger partial charge is 0.416 e. The van der Waals surface area contributed by atoms with Crippen LogP contribution in [0, 0.1) is 0 Å². The minimum atomic E-state index is -4.32. The highest BCUT2D eigenvalue weighted by molar-refractivity contribution is 5.63. The summed E-state index contributed by atoms with van der Waals surface area (Å²) in [5.41, 5.74) is 0.474. The van der Waals surface area contributed by atoms with Crippen molar-refractivity contribution in [3.63, 3.8) is 0 Å². The summed E-state index contributed by atoms with van der Waals surface area (Å²) in [5.74, 6) is 0. The Morgan fingerprint density at radius 1 is 1.37 bits per heavy atom. The monoisotopic (exact) mass is 273 g/mol. The summed E-state index contributed by atoms with van der Waals surface area (Å²) in [6.07, 6.45) is -3.48. The Bertz CT molecular complexity index is 456. The lowest BCUT2D eigenvalue weighted by atomic mass is 10.0. The molecule has 1 atom stereocenters. The number of rotatable bonds is 3. The van der Waals surface area contributed by atoms with E-state index in [1.165, 1.54) is 6.07 Å². The number of halogens is 3. The van der Waals surface area contributed by atoms with Crippen molar-refractivity contribution in [3.8, 4) is 0 Å². The van der Waals surface area contributed by atoms with Gasteiger partial charge in [-0.1, -0.05) is 6.07 Å². The van der Waals surface area contributed by atoms with Gasteiger partial charge in [0.25, 0.3) is 0 Å². The molecule has 1 aliphatic rings. The summed E-state index contributed by atoms with van der Waals surface area (Å²) in [4.78, 5) is 1.99. The van der Waals surface area contributed by atoms with E-state index in [1.54, 1.807) is 6.07 Å². The minimum Gasteiger partial charge on any atom is -0.396 e. The summed E-state index contributed by atoms with van der Waals surface area (Å²) in [6, 6.07) is 4.39. The lowest BCUT2D eigenvalue weighted by molar-refractivity contribution is -0.138. The van der Waals surface area contributed by atoms with Crippen LogP contribution in [0.3, 0.4) is 0 Å². The Balaban J connectivity index is 2.47. The first kappa shape index (κ1) is 14.2. The van der Waals surface area contributed by atoms with Gasteiger partial charge in [-0.05, 0) is 44.4 Å². The molecule has 106 valence electrons. The van der Waals surface area contributed by atoms with E-state index >= 15 is 0 Å². The molecule has 0 saturated carbocycles. The maximum absolute atomic E-state index is 13.0. The summed E-state index contributed by atoms with van der Waals surface area (Å²) in [6.45, 7) is 3.91. The Hall–Kier alpha value is -1.23. The van der Waals surface area contributed by atoms with E-state index in [-0.39, 0.29) is 18.7 Å². The number of fused-ring (bicyclic) bond motifs is 1. The van der Waals surface area contributed by atoms with Crippen molar-refractivity contribution >= 4 is 5.69 Å². The van der Waals surface area contributed by atoms with E-state index in [9.17, 15) is 13.2 Å². The van der Waals surface area contributed by atoms with Gasteiger partial charge in [0.15, 0.2) is 0 Å². The van der Waals surface area contributed by atoms with Gasteiger partial charge in [0.2, 0.25) is 0 Å². The van der Waals surface area contributed by atoms with Gasteiger partial charge in [-0.25, -0.2) is 0 Å². The van der Waals surface area contributed by atoms with Gasteiger partial charge >= 0.3 is 6.18 Å². The van der Waals surface area contributed by atoms with Crippen LogP contribution in [0.15, 0.2) is 18.2 Å². The van der Waals surface area contributed by atoms with E-state index in [2.05, 4.69) is 0 Å². The molecule has 1 aromatic rings. The second-order valence-corrected chi connectivity index (χ2v) is 5.17. The van der Waals surface area contributed by atoms with Crippen LogP contribution in [0.25, 0.3) is 0 Å². The minimum absolute atomic E-state index is 0.0107. The third kappa shape index (κ3) is 2.56. The number of hydrogen-bond acceptors (Lipinski definition) is 2. The standard InChI is InChI=1S/C14H18F3NO/c1-9(2)18-10(6-7-19)8-11-12(14(15,16)17)4-3-5-13(11)18/h3-5,9-10,19H,6-8H2,1-2H3. The van der Waals surface area contributed by atoms with Gasteiger partial charge in [0.1, 0.15) is 0 Å². The fraction of sp³-hybridized carbons (Fsp3) is 0.571. The normalized spacial score (nSPS) is 19.1. The first-order chi connectivity index (χ1) is 8.86. The SMILES string of the molecule is CC(C)N1c2cccc(C(F)(F)F)c2CC1CCO. The van der Waals surface area contributed by atoms with Crippen LogP contribution in [0.2, 0.25) is 0 Å². The number of hydrogen-bond donors (Lipinski definition) is 1. The highest BCUT2D eigenvalue weighted by Gasteiger charge is 2.39. The maximum Gasteiger partial charge on any atom is 0.416 e. The molecule has 2 rings (SSSR count). The molecule has 1 heterocycles. The zero-order chi connectivity index (χ0) is 14.2. The zero-order valence-electron chi connectivity index (χ0n) is 11.0. The fourth-order valence-corrected chi connectivity index (χ4v) is 2.92. The van der Waals surface area contributed by atoms with E-state index in [0.29, 0.717) is 24.1 Å². The van der Waals surface area contributed by atoms with Crippen molar-refractivity contribution in [1.29, 1.82) is 0 Å². The van der Waals surface area contributed by atoms with Gasteiger partial charge in [0, 0.05) is 24.4 Å².